The first-order valence-corrected chi connectivity index (χ1v) is 7.23. The van der Waals surface area contributed by atoms with E-state index in [4.69, 9.17) is 5.73 Å². The van der Waals surface area contributed by atoms with Crippen molar-refractivity contribution in [3.05, 3.63) is 46.9 Å². The molecule has 0 aliphatic carbocycles. The molecule has 0 atom stereocenters. The summed E-state index contributed by atoms with van der Waals surface area (Å²) in [6, 6.07) is 10.2. The molecule has 0 radical (unpaired) electrons. The highest BCUT2D eigenvalue weighted by atomic mass is 32.1. The van der Waals surface area contributed by atoms with Crippen molar-refractivity contribution < 1.29 is 0 Å². The van der Waals surface area contributed by atoms with Gasteiger partial charge in [0.25, 0.3) is 0 Å². The maximum absolute atomic E-state index is 5.69. The van der Waals surface area contributed by atoms with Gasteiger partial charge in [-0.25, -0.2) is 9.97 Å². The average molecular weight is 273 g/mol. The van der Waals surface area contributed by atoms with Gasteiger partial charge in [0.1, 0.15) is 15.7 Å². The van der Waals surface area contributed by atoms with Gasteiger partial charge in [0.15, 0.2) is 0 Å². The van der Waals surface area contributed by atoms with E-state index in [1.54, 1.807) is 28.9 Å². The topological polar surface area (TPSA) is 51.8 Å². The van der Waals surface area contributed by atoms with Gasteiger partial charge in [-0.1, -0.05) is 30.3 Å². The highest BCUT2D eigenvalue weighted by Gasteiger charge is 2.15. The molecule has 0 aliphatic rings. The predicted molar refractivity (Wildman–Crippen MR) is 76.5 cm³/mol. The molecule has 2 heterocycles. The molecule has 0 unspecified atom stereocenters. The molecule has 5 heteroatoms. The van der Waals surface area contributed by atoms with Crippen molar-refractivity contribution in [2.45, 2.75) is 6.54 Å². The summed E-state index contributed by atoms with van der Waals surface area (Å²) in [7, 11) is 0. The van der Waals surface area contributed by atoms with E-state index in [0.717, 1.165) is 20.6 Å². The van der Waals surface area contributed by atoms with Crippen LogP contribution in [0, 0.1) is 0 Å². The molecule has 3 rings (SSSR count). The molecule has 3 nitrogen and oxygen atoms in total. The smallest absolute Gasteiger partial charge is 0.143 e. The zero-order chi connectivity index (χ0) is 12.4. The Labute approximate surface area is 113 Å². The van der Waals surface area contributed by atoms with Crippen LogP contribution >= 0.6 is 22.7 Å². The number of thiazole rings is 2. The molecule has 90 valence electrons. The first-order chi connectivity index (χ1) is 8.88. The zero-order valence-corrected chi connectivity index (χ0v) is 11.2. The molecule has 0 spiro atoms. The minimum atomic E-state index is 0.468. The van der Waals surface area contributed by atoms with Crippen molar-refractivity contribution in [2.75, 3.05) is 0 Å². The highest BCUT2D eigenvalue weighted by molar-refractivity contribution is 7.17. The van der Waals surface area contributed by atoms with Gasteiger partial charge in [-0.2, -0.15) is 0 Å². The minimum absolute atomic E-state index is 0.468. The average Bonchev–Trinajstić information content (AvgIpc) is 3.08. The second kappa shape index (κ2) is 4.97. The van der Waals surface area contributed by atoms with Gasteiger partial charge in [-0.15, -0.1) is 22.7 Å². The quantitative estimate of drug-likeness (QED) is 0.795. The summed E-state index contributed by atoms with van der Waals surface area (Å²) < 4.78 is 0. The Bertz CT molecular complexity index is 630. The summed E-state index contributed by atoms with van der Waals surface area (Å²) in [5, 5.41) is 3.86. The summed E-state index contributed by atoms with van der Waals surface area (Å²) >= 11 is 3.24. The van der Waals surface area contributed by atoms with Gasteiger partial charge in [0.05, 0.1) is 4.88 Å². The van der Waals surface area contributed by atoms with Crippen molar-refractivity contribution in [1.29, 1.82) is 0 Å². The van der Waals surface area contributed by atoms with Crippen LogP contribution in [0.25, 0.3) is 21.1 Å². The molecule has 18 heavy (non-hydrogen) atoms. The Kier molecular flexibility index (Phi) is 3.19. The second-order valence-electron chi connectivity index (χ2n) is 3.69. The van der Waals surface area contributed by atoms with E-state index in [1.165, 1.54) is 5.56 Å². The third-order valence-electron chi connectivity index (χ3n) is 2.52. The van der Waals surface area contributed by atoms with Crippen LogP contribution in [0.1, 0.15) is 5.01 Å². The van der Waals surface area contributed by atoms with Crippen molar-refractivity contribution in [3.8, 4) is 21.1 Å². The standard InChI is InChI=1S/C13H11N3S2/c14-8-10-16-11(13-15-6-7-17-13)12(18-10)9-4-2-1-3-5-9/h1-7H,8,14H2. The Morgan fingerprint density at radius 2 is 2.00 bits per heavy atom. The van der Waals surface area contributed by atoms with Crippen LogP contribution in [0.5, 0.6) is 0 Å². The van der Waals surface area contributed by atoms with Crippen LogP contribution in [-0.2, 0) is 6.54 Å². The van der Waals surface area contributed by atoms with E-state index in [9.17, 15) is 0 Å². The van der Waals surface area contributed by atoms with Crippen molar-refractivity contribution in [2.24, 2.45) is 5.73 Å². The minimum Gasteiger partial charge on any atom is -0.325 e. The fourth-order valence-electron chi connectivity index (χ4n) is 1.72. The molecule has 0 fully saturated rings. The lowest BCUT2D eigenvalue weighted by molar-refractivity contribution is 1.04. The van der Waals surface area contributed by atoms with Gasteiger partial charge >= 0.3 is 0 Å². The van der Waals surface area contributed by atoms with Crippen LogP contribution < -0.4 is 5.73 Å². The summed E-state index contributed by atoms with van der Waals surface area (Å²) in [4.78, 5) is 10.1. The lowest BCUT2D eigenvalue weighted by Gasteiger charge is -1.98. The molecule has 0 saturated heterocycles. The fraction of sp³-hybridized carbons (Fsp3) is 0.0769. The number of hydrogen-bond donors (Lipinski definition) is 1. The van der Waals surface area contributed by atoms with Gasteiger partial charge in [-0.3, -0.25) is 0 Å². The number of aromatic nitrogens is 2. The molecular weight excluding hydrogens is 262 g/mol. The lowest BCUT2D eigenvalue weighted by Crippen LogP contribution is -1.94. The number of benzene rings is 1. The van der Waals surface area contributed by atoms with Crippen molar-refractivity contribution in [3.63, 3.8) is 0 Å². The van der Waals surface area contributed by atoms with E-state index in [0.29, 0.717) is 6.54 Å². The number of nitrogens with two attached hydrogens (primary N) is 1. The van der Waals surface area contributed by atoms with Crippen LogP contribution in [-0.4, -0.2) is 9.97 Å². The monoisotopic (exact) mass is 273 g/mol. The van der Waals surface area contributed by atoms with E-state index in [2.05, 4.69) is 22.1 Å². The predicted octanol–water partition coefficient (Wildman–Crippen LogP) is 3.39. The van der Waals surface area contributed by atoms with Crippen molar-refractivity contribution >= 4 is 22.7 Å². The first-order valence-electron chi connectivity index (χ1n) is 5.53. The van der Waals surface area contributed by atoms with E-state index >= 15 is 0 Å². The van der Waals surface area contributed by atoms with E-state index in [-0.39, 0.29) is 0 Å². The molecule has 3 aromatic rings. The third kappa shape index (κ3) is 2.08. The van der Waals surface area contributed by atoms with Crippen LogP contribution in [0.15, 0.2) is 41.9 Å². The molecule has 2 N–H and O–H groups in total. The molecular formula is C13H11N3S2. The van der Waals surface area contributed by atoms with E-state index < -0.39 is 0 Å². The number of hydrogen-bond acceptors (Lipinski definition) is 5. The van der Waals surface area contributed by atoms with Crippen LogP contribution in [0.3, 0.4) is 0 Å². The second-order valence-corrected chi connectivity index (χ2v) is 5.67. The van der Waals surface area contributed by atoms with Gasteiger partial charge < -0.3 is 5.73 Å². The highest BCUT2D eigenvalue weighted by Crippen LogP contribution is 2.37. The maximum atomic E-state index is 5.69. The SMILES string of the molecule is NCc1nc(-c2nccs2)c(-c2ccccc2)s1. The molecule has 0 bridgehead atoms. The Hall–Kier alpha value is -1.56. The molecule has 0 saturated carbocycles. The third-order valence-corrected chi connectivity index (χ3v) is 4.42. The Morgan fingerprint density at radius 1 is 1.17 bits per heavy atom. The molecule has 2 aromatic heterocycles. The normalized spacial score (nSPS) is 10.7. The van der Waals surface area contributed by atoms with Crippen LogP contribution in [0.2, 0.25) is 0 Å². The molecule has 0 aliphatic heterocycles. The maximum Gasteiger partial charge on any atom is 0.143 e. The summed E-state index contributed by atoms with van der Waals surface area (Å²) in [5.41, 5.74) is 7.81. The molecule has 1 aromatic carbocycles. The van der Waals surface area contributed by atoms with E-state index in [1.807, 2.05) is 23.6 Å². The lowest BCUT2D eigenvalue weighted by atomic mass is 10.1. The molecule has 0 amide bonds. The Morgan fingerprint density at radius 3 is 2.67 bits per heavy atom. The van der Waals surface area contributed by atoms with Gasteiger partial charge in [0.2, 0.25) is 0 Å². The summed E-state index contributed by atoms with van der Waals surface area (Å²) in [6.07, 6.45) is 1.80. The first kappa shape index (κ1) is 11.5. The Balaban J connectivity index is 2.17. The largest absolute Gasteiger partial charge is 0.325 e. The summed E-state index contributed by atoms with van der Waals surface area (Å²) in [5.74, 6) is 0. The van der Waals surface area contributed by atoms with Gasteiger partial charge in [-0.05, 0) is 5.56 Å². The zero-order valence-electron chi connectivity index (χ0n) is 9.54. The number of nitrogens with zero attached hydrogens (tertiary/aromatic N) is 2. The number of rotatable bonds is 3. The fourth-order valence-corrected chi connectivity index (χ4v) is 3.37. The summed E-state index contributed by atoms with van der Waals surface area (Å²) in [6.45, 7) is 0.468. The van der Waals surface area contributed by atoms with Crippen LogP contribution in [0.4, 0.5) is 0 Å². The van der Waals surface area contributed by atoms with Crippen molar-refractivity contribution in [1.82, 2.24) is 9.97 Å². The van der Waals surface area contributed by atoms with Gasteiger partial charge in [0, 0.05) is 18.1 Å².